The lowest BCUT2D eigenvalue weighted by Crippen LogP contribution is -2.38. The highest BCUT2D eigenvalue weighted by molar-refractivity contribution is 5.76. The third kappa shape index (κ3) is 5.88. The van der Waals surface area contributed by atoms with Gasteiger partial charge in [-0.25, -0.2) is 4.39 Å². The highest BCUT2D eigenvalue weighted by Crippen LogP contribution is 2.24. The molecule has 0 spiro atoms. The number of rotatable bonds is 7. The minimum Gasteiger partial charge on any atom is -0.493 e. The third-order valence-corrected chi connectivity index (χ3v) is 4.05. The maximum Gasteiger partial charge on any atom is 0.306 e. The molecule has 0 saturated heterocycles. The number of carbonyl (C=O) groups excluding carboxylic acids is 1. The van der Waals surface area contributed by atoms with Crippen molar-refractivity contribution in [3.05, 3.63) is 30.1 Å². The molecule has 1 aliphatic carbocycles. The van der Waals surface area contributed by atoms with Crippen LogP contribution in [0.5, 0.6) is 5.75 Å². The normalized spacial score (nSPS) is 20.7. The molecule has 0 radical (unpaired) electrons. The van der Waals surface area contributed by atoms with Crippen molar-refractivity contribution in [2.75, 3.05) is 6.61 Å². The first-order valence-corrected chi connectivity index (χ1v) is 7.95. The van der Waals surface area contributed by atoms with Crippen LogP contribution >= 0.6 is 0 Å². The van der Waals surface area contributed by atoms with E-state index in [1.807, 2.05) is 0 Å². The molecule has 126 valence electrons. The Labute approximate surface area is 134 Å². The quantitative estimate of drug-likeness (QED) is 0.757. The molecule has 5 nitrogen and oxygen atoms in total. The molecule has 1 saturated carbocycles. The molecular formula is C17H22FNO4. The molecule has 0 unspecified atom stereocenters. The number of nitrogens with one attached hydrogen (secondary N) is 1. The maximum absolute atomic E-state index is 13.0. The fourth-order valence-electron chi connectivity index (χ4n) is 2.76. The average molecular weight is 323 g/mol. The van der Waals surface area contributed by atoms with Gasteiger partial charge in [0.1, 0.15) is 11.6 Å². The van der Waals surface area contributed by atoms with Crippen LogP contribution in [0, 0.1) is 11.7 Å². The highest BCUT2D eigenvalue weighted by Gasteiger charge is 2.26. The van der Waals surface area contributed by atoms with Crippen molar-refractivity contribution in [1.82, 2.24) is 5.32 Å². The van der Waals surface area contributed by atoms with Gasteiger partial charge in [-0.05, 0) is 44.2 Å². The zero-order chi connectivity index (χ0) is 16.7. The summed E-state index contributed by atoms with van der Waals surface area (Å²) in [6, 6.07) is 5.97. The Hall–Kier alpha value is -2.11. The van der Waals surface area contributed by atoms with Crippen molar-refractivity contribution < 1.29 is 23.8 Å². The smallest absolute Gasteiger partial charge is 0.306 e. The topological polar surface area (TPSA) is 75.6 Å². The van der Waals surface area contributed by atoms with Crippen molar-refractivity contribution in [2.45, 2.75) is 44.6 Å². The molecule has 6 heteroatoms. The second kappa shape index (κ2) is 8.50. The van der Waals surface area contributed by atoms with E-state index >= 15 is 0 Å². The minimum atomic E-state index is -0.746. The van der Waals surface area contributed by atoms with E-state index < -0.39 is 5.97 Å². The van der Waals surface area contributed by atoms with E-state index in [1.54, 1.807) is 12.1 Å². The van der Waals surface area contributed by atoms with Gasteiger partial charge < -0.3 is 15.2 Å². The van der Waals surface area contributed by atoms with E-state index in [4.69, 9.17) is 9.84 Å². The maximum atomic E-state index is 13.0. The van der Waals surface area contributed by atoms with Crippen molar-refractivity contribution >= 4 is 11.9 Å². The van der Waals surface area contributed by atoms with E-state index in [-0.39, 0.29) is 23.7 Å². The van der Waals surface area contributed by atoms with E-state index in [2.05, 4.69) is 5.32 Å². The Bertz CT molecular complexity index is 541. The average Bonchev–Trinajstić information content (AvgIpc) is 2.52. The summed E-state index contributed by atoms with van der Waals surface area (Å²) < 4.78 is 18.3. The fourth-order valence-corrected chi connectivity index (χ4v) is 2.76. The first-order chi connectivity index (χ1) is 11.0. The Kier molecular flexibility index (Phi) is 6.38. The largest absolute Gasteiger partial charge is 0.493 e. The van der Waals surface area contributed by atoms with Crippen molar-refractivity contribution in [1.29, 1.82) is 0 Å². The summed E-state index contributed by atoms with van der Waals surface area (Å²) >= 11 is 0. The lowest BCUT2D eigenvalue weighted by Gasteiger charge is -2.26. The van der Waals surface area contributed by atoms with Crippen LogP contribution < -0.4 is 10.1 Å². The zero-order valence-electron chi connectivity index (χ0n) is 13.0. The van der Waals surface area contributed by atoms with E-state index in [0.29, 0.717) is 50.9 Å². The molecule has 1 aliphatic rings. The Morgan fingerprint density at radius 1 is 1.26 bits per heavy atom. The monoisotopic (exact) mass is 323 g/mol. The number of halogens is 1. The lowest BCUT2D eigenvalue weighted by molar-refractivity contribution is -0.142. The standard InChI is InChI=1S/C17H22FNO4/c18-13-3-1-4-15(11-13)23-10-2-5-16(20)19-14-8-6-12(7-9-14)17(21)22/h1,3-4,11-12,14H,2,5-10H2,(H,19,20)(H,21,22). The van der Waals surface area contributed by atoms with Crippen LogP contribution in [0.1, 0.15) is 38.5 Å². The first kappa shape index (κ1) is 17.2. The zero-order valence-corrected chi connectivity index (χ0v) is 13.0. The molecule has 1 aromatic rings. The number of aliphatic carboxylic acids is 1. The van der Waals surface area contributed by atoms with Crippen LogP contribution in [-0.2, 0) is 9.59 Å². The molecule has 23 heavy (non-hydrogen) atoms. The Balaban J connectivity index is 1.59. The molecule has 0 heterocycles. The number of hydrogen-bond donors (Lipinski definition) is 2. The molecule has 1 fully saturated rings. The lowest BCUT2D eigenvalue weighted by atomic mass is 9.86. The fraction of sp³-hybridized carbons (Fsp3) is 0.529. The molecule has 0 aliphatic heterocycles. The predicted molar refractivity (Wildman–Crippen MR) is 82.7 cm³/mol. The van der Waals surface area contributed by atoms with Crippen molar-refractivity contribution in [3.8, 4) is 5.75 Å². The van der Waals surface area contributed by atoms with Crippen LogP contribution in [0.15, 0.2) is 24.3 Å². The summed E-state index contributed by atoms with van der Waals surface area (Å²) in [6.07, 6.45) is 3.54. The van der Waals surface area contributed by atoms with E-state index in [0.717, 1.165) is 0 Å². The first-order valence-electron chi connectivity index (χ1n) is 7.95. The second-order valence-corrected chi connectivity index (χ2v) is 5.86. The number of amides is 1. The number of ether oxygens (including phenoxy) is 1. The molecule has 0 aromatic heterocycles. The van der Waals surface area contributed by atoms with Gasteiger partial charge in [-0.1, -0.05) is 6.07 Å². The summed E-state index contributed by atoms with van der Waals surface area (Å²) in [6.45, 7) is 0.350. The summed E-state index contributed by atoms with van der Waals surface area (Å²) in [7, 11) is 0. The van der Waals surface area contributed by atoms with Gasteiger partial charge in [-0.2, -0.15) is 0 Å². The van der Waals surface area contributed by atoms with Gasteiger partial charge in [0, 0.05) is 18.5 Å². The van der Waals surface area contributed by atoms with Gasteiger partial charge in [0.15, 0.2) is 0 Å². The van der Waals surface area contributed by atoms with Gasteiger partial charge in [0.05, 0.1) is 12.5 Å². The second-order valence-electron chi connectivity index (χ2n) is 5.86. The molecule has 0 atom stereocenters. The molecule has 0 bridgehead atoms. The molecule has 1 aromatic carbocycles. The van der Waals surface area contributed by atoms with E-state index in [1.165, 1.54) is 12.1 Å². The molecule has 1 amide bonds. The summed E-state index contributed by atoms with van der Waals surface area (Å²) in [4.78, 5) is 22.7. The van der Waals surface area contributed by atoms with Crippen molar-refractivity contribution in [2.24, 2.45) is 5.92 Å². The van der Waals surface area contributed by atoms with Gasteiger partial charge in [-0.3, -0.25) is 9.59 Å². The number of hydrogen-bond acceptors (Lipinski definition) is 3. The summed E-state index contributed by atoms with van der Waals surface area (Å²) in [5, 5.41) is 11.9. The van der Waals surface area contributed by atoms with Crippen LogP contribution in [0.25, 0.3) is 0 Å². The molecule has 2 rings (SSSR count). The van der Waals surface area contributed by atoms with Gasteiger partial charge in [0.25, 0.3) is 0 Å². The molecule has 2 N–H and O–H groups in total. The Morgan fingerprint density at radius 3 is 2.65 bits per heavy atom. The number of carbonyl (C=O) groups is 2. The number of benzene rings is 1. The SMILES string of the molecule is O=C(CCCOc1cccc(F)c1)NC1CCC(C(=O)O)CC1. The number of carboxylic acid groups (broad SMARTS) is 1. The highest BCUT2D eigenvalue weighted by atomic mass is 19.1. The predicted octanol–water partition coefficient (Wildman–Crippen LogP) is 2.74. The van der Waals surface area contributed by atoms with E-state index in [9.17, 15) is 14.0 Å². The van der Waals surface area contributed by atoms with Crippen LogP contribution in [0.4, 0.5) is 4.39 Å². The van der Waals surface area contributed by atoms with Gasteiger partial charge in [-0.15, -0.1) is 0 Å². The number of carboxylic acids is 1. The van der Waals surface area contributed by atoms with Crippen LogP contribution in [0.3, 0.4) is 0 Å². The van der Waals surface area contributed by atoms with Crippen LogP contribution in [0.2, 0.25) is 0 Å². The van der Waals surface area contributed by atoms with Crippen LogP contribution in [-0.4, -0.2) is 29.6 Å². The molecular weight excluding hydrogens is 301 g/mol. The minimum absolute atomic E-state index is 0.0494. The van der Waals surface area contributed by atoms with Gasteiger partial charge >= 0.3 is 5.97 Å². The Morgan fingerprint density at radius 2 is 2.00 bits per heavy atom. The van der Waals surface area contributed by atoms with Gasteiger partial charge in [0.2, 0.25) is 5.91 Å². The summed E-state index contributed by atoms with van der Waals surface area (Å²) in [5.41, 5.74) is 0. The third-order valence-electron chi connectivity index (χ3n) is 4.05. The summed E-state index contributed by atoms with van der Waals surface area (Å²) in [5.74, 6) is -0.965. The van der Waals surface area contributed by atoms with Crippen molar-refractivity contribution in [3.63, 3.8) is 0 Å².